The van der Waals surface area contributed by atoms with E-state index in [1.54, 1.807) is 11.0 Å². The predicted molar refractivity (Wildman–Crippen MR) is 107 cm³/mol. The van der Waals surface area contributed by atoms with Crippen molar-refractivity contribution in [2.24, 2.45) is 0 Å². The first-order chi connectivity index (χ1) is 14.1. The Morgan fingerprint density at radius 2 is 2.14 bits per heavy atom. The summed E-state index contributed by atoms with van der Waals surface area (Å²) in [4.78, 5) is 21.8. The van der Waals surface area contributed by atoms with Gasteiger partial charge >= 0.3 is 0 Å². The van der Waals surface area contributed by atoms with E-state index in [2.05, 4.69) is 15.1 Å². The van der Waals surface area contributed by atoms with Crippen LogP contribution in [0, 0.1) is 5.82 Å². The van der Waals surface area contributed by atoms with E-state index in [0.29, 0.717) is 30.4 Å². The van der Waals surface area contributed by atoms with E-state index in [1.165, 1.54) is 12.1 Å². The van der Waals surface area contributed by atoms with E-state index >= 15 is 0 Å². The third-order valence-electron chi connectivity index (χ3n) is 5.21. The van der Waals surface area contributed by atoms with Crippen LogP contribution in [0.1, 0.15) is 29.6 Å². The minimum Gasteiger partial charge on any atom is -0.361 e. The van der Waals surface area contributed by atoms with Crippen molar-refractivity contribution in [2.75, 3.05) is 11.4 Å². The van der Waals surface area contributed by atoms with Crippen LogP contribution in [0.4, 0.5) is 10.1 Å². The molecular formula is C21H16ClFN4O2. The highest BCUT2D eigenvalue weighted by Gasteiger charge is 2.34. The van der Waals surface area contributed by atoms with Crippen LogP contribution in [0.15, 0.2) is 53.2 Å². The summed E-state index contributed by atoms with van der Waals surface area (Å²) in [5.74, 6) is 0.218. The molecule has 146 valence electrons. The molecule has 3 heterocycles. The van der Waals surface area contributed by atoms with Gasteiger partial charge in [0.05, 0.1) is 11.4 Å². The van der Waals surface area contributed by atoms with Gasteiger partial charge < -0.3 is 14.4 Å². The van der Waals surface area contributed by atoms with Crippen molar-refractivity contribution >= 4 is 34.1 Å². The molecule has 5 rings (SSSR count). The molecule has 0 radical (unpaired) electrons. The summed E-state index contributed by atoms with van der Waals surface area (Å²) in [6.45, 7) is 0.396. The number of H-pyrrole nitrogens is 1. The summed E-state index contributed by atoms with van der Waals surface area (Å²) in [7, 11) is 0. The summed E-state index contributed by atoms with van der Waals surface area (Å²) in [6.07, 6.45) is 2.71. The number of carbonyl (C=O) groups is 1. The molecule has 2 aromatic carbocycles. The van der Waals surface area contributed by atoms with Crippen LogP contribution in [-0.2, 0) is 11.2 Å². The number of nitrogens with one attached hydrogen (secondary N) is 1. The van der Waals surface area contributed by atoms with Crippen LogP contribution < -0.4 is 4.90 Å². The fourth-order valence-electron chi connectivity index (χ4n) is 3.73. The molecule has 1 aliphatic rings. The predicted octanol–water partition coefficient (Wildman–Crippen LogP) is 4.45. The normalized spacial score (nSPS) is 16.8. The molecular weight excluding hydrogens is 395 g/mol. The smallest absolute Gasteiger partial charge is 0.231 e. The van der Waals surface area contributed by atoms with Gasteiger partial charge in [-0.2, -0.15) is 4.98 Å². The largest absolute Gasteiger partial charge is 0.361 e. The lowest BCUT2D eigenvalue weighted by atomic mass is 10.1. The van der Waals surface area contributed by atoms with Crippen molar-refractivity contribution in [3.05, 3.63) is 76.8 Å². The number of aromatic nitrogens is 3. The van der Waals surface area contributed by atoms with Crippen molar-refractivity contribution in [3.63, 3.8) is 0 Å². The molecule has 1 unspecified atom stereocenters. The Labute approximate surface area is 170 Å². The Kier molecular flexibility index (Phi) is 4.32. The van der Waals surface area contributed by atoms with Gasteiger partial charge in [0, 0.05) is 41.7 Å². The Morgan fingerprint density at radius 3 is 3.00 bits per heavy atom. The van der Waals surface area contributed by atoms with Crippen molar-refractivity contribution in [1.82, 2.24) is 15.1 Å². The zero-order chi connectivity index (χ0) is 20.0. The van der Waals surface area contributed by atoms with Gasteiger partial charge in [-0.05, 0) is 29.8 Å². The van der Waals surface area contributed by atoms with E-state index in [9.17, 15) is 9.18 Å². The number of carbonyl (C=O) groups excluding carboxylic acids is 1. The summed E-state index contributed by atoms with van der Waals surface area (Å²) in [6, 6.07) is 12.3. The zero-order valence-corrected chi connectivity index (χ0v) is 16.0. The molecule has 2 aromatic heterocycles. The Bertz CT molecular complexity index is 1220. The number of para-hydroxylation sites is 1. The molecule has 1 N–H and O–H groups in total. The second-order valence-electron chi connectivity index (χ2n) is 7.09. The fourth-order valence-corrected chi connectivity index (χ4v) is 3.90. The van der Waals surface area contributed by atoms with E-state index in [4.69, 9.17) is 16.1 Å². The van der Waals surface area contributed by atoms with Gasteiger partial charge in [-0.1, -0.05) is 35.0 Å². The molecule has 8 heteroatoms. The molecule has 1 atom stereocenters. The average molecular weight is 411 g/mol. The molecule has 0 bridgehead atoms. The number of aromatic amines is 1. The monoisotopic (exact) mass is 410 g/mol. The molecule has 0 saturated carbocycles. The van der Waals surface area contributed by atoms with Gasteiger partial charge in [0.15, 0.2) is 5.82 Å². The lowest BCUT2D eigenvalue weighted by Crippen LogP contribution is -2.24. The first-order valence-electron chi connectivity index (χ1n) is 9.21. The number of fused-ring (bicyclic) bond motifs is 1. The lowest BCUT2D eigenvalue weighted by molar-refractivity contribution is -0.117. The van der Waals surface area contributed by atoms with Gasteiger partial charge in [-0.25, -0.2) is 4.39 Å². The number of rotatable bonds is 4. The van der Waals surface area contributed by atoms with Crippen molar-refractivity contribution < 1.29 is 13.7 Å². The third-order valence-corrected chi connectivity index (χ3v) is 5.50. The van der Waals surface area contributed by atoms with Gasteiger partial charge in [0.25, 0.3) is 0 Å². The van der Waals surface area contributed by atoms with Crippen LogP contribution in [0.5, 0.6) is 0 Å². The van der Waals surface area contributed by atoms with Gasteiger partial charge in [-0.15, -0.1) is 0 Å². The van der Waals surface area contributed by atoms with Crippen LogP contribution in [0.3, 0.4) is 0 Å². The van der Waals surface area contributed by atoms with Crippen molar-refractivity contribution in [2.45, 2.75) is 18.8 Å². The van der Waals surface area contributed by atoms with E-state index < -0.39 is 5.82 Å². The second kappa shape index (κ2) is 7.00. The Hall–Kier alpha value is -3.19. The number of hydrogen-bond acceptors (Lipinski definition) is 4. The topological polar surface area (TPSA) is 75.0 Å². The highest BCUT2D eigenvalue weighted by atomic mass is 35.5. The first-order valence-corrected chi connectivity index (χ1v) is 9.59. The standard InChI is InChI=1S/C21H16ClFN4O2/c22-16-9-14(5-6-17(16)23)27-11-13(8-20(27)28)21-25-19(29-26-21)7-12-10-24-18-4-2-1-3-15(12)18/h1-6,9-10,13,24H,7-8,11H2. The maximum atomic E-state index is 13.4. The average Bonchev–Trinajstić information content (AvgIpc) is 3.44. The van der Waals surface area contributed by atoms with Crippen LogP contribution in [0.25, 0.3) is 10.9 Å². The Morgan fingerprint density at radius 1 is 1.28 bits per heavy atom. The number of benzene rings is 2. The molecule has 1 fully saturated rings. The number of amides is 1. The number of nitrogens with zero attached hydrogens (tertiary/aromatic N) is 3. The molecule has 1 saturated heterocycles. The number of hydrogen-bond donors (Lipinski definition) is 1. The SMILES string of the molecule is O=C1CC(c2noc(Cc3c[nH]c4ccccc34)n2)CN1c1ccc(F)c(Cl)c1. The molecule has 29 heavy (non-hydrogen) atoms. The highest BCUT2D eigenvalue weighted by molar-refractivity contribution is 6.31. The van der Waals surface area contributed by atoms with E-state index in [-0.39, 0.29) is 23.3 Å². The van der Waals surface area contributed by atoms with Crippen LogP contribution in [0.2, 0.25) is 5.02 Å². The van der Waals surface area contributed by atoms with Crippen LogP contribution in [-0.4, -0.2) is 27.6 Å². The third kappa shape index (κ3) is 3.27. The maximum absolute atomic E-state index is 13.4. The summed E-state index contributed by atoms with van der Waals surface area (Å²) in [5.41, 5.74) is 2.68. The van der Waals surface area contributed by atoms with Gasteiger partial charge in [-0.3, -0.25) is 4.79 Å². The number of anilines is 1. The highest BCUT2D eigenvalue weighted by Crippen LogP contribution is 2.32. The minimum atomic E-state index is -0.515. The zero-order valence-electron chi connectivity index (χ0n) is 15.2. The summed E-state index contributed by atoms with van der Waals surface area (Å²) < 4.78 is 18.8. The fraction of sp³-hybridized carbons (Fsp3) is 0.190. The molecule has 1 aliphatic heterocycles. The Balaban J connectivity index is 1.34. The van der Waals surface area contributed by atoms with E-state index in [0.717, 1.165) is 16.5 Å². The lowest BCUT2D eigenvalue weighted by Gasteiger charge is -2.16. The first kappa shape index (κ1) is 17.9. The quantitative estimate of drug-likeness (QED) is 0.539. The maximum Gasteiger partial charge on any atom is 0.231 e. The second-order valence-corrected chi connectivity index (χ2v) is 7.49. The molecule has 0 spiro atoms. The molecule has 4 aromatic rings. The summed E-state index contributed by atoms with van der Waals surface area (Å²) >= 11 is 5.85. The minimum absolute atomic E-state index is 0.0145. The number of halogens is 2. The molecule has 0 aliphatic carbocycles. The van der Waals surface area contributed by atoms with Gasteiger partial charge in [0.2, 0.25) is 11.8 Å². The van der Waals surface area contributed by atoms with Crippen molar-refractivity contribution in [3.8, 4) is 0 Å². The molecule has 1 amide bonds. The van der Waals surface area contributed by atoms with E-state index in [1.807, 2.05) is 30.5 Å². The van der Waals surface area contributed by atoms with Crippen LogP contribution >= 0.6 is 11.6 Å². The van der Waals surface area contributed by atoms with Crippen molar-refractivity contribution in [1.29, 1.82) is 0 Å². The van der Waals surface area contributed by atoms with Gasteiger partial charge in [0.1, 0.15) is 5.82 Å². The summed E-state index contributed by atoms with van der Waals surface area (Å²) in [5, 5.41) is 5.19. The molecule has 6 nitrogen and oxygen atoms in total.